The first-order valence-electron chi connectivity index (χ1n) is 11.0. The molecule has 6 rings (SSSR count). The molecule has 3 N–H and O–H groups in total. The van der Waals surface area contributed by atoms with E-state index in [-0.39, 0.29) is 0 Å². The van der Waals surface area contributed by atoms with Gasteiger partial charge in [0.2, 0.25) is 5.95 Å². The SMILES string of the molecule is c1ccc(-c2ccnc3ccc(Nc4nc(NC5CCCC5)c5nc[nH]c5n4)cc23)cc1. The van der Waals surface area contributed by atoms with Crippen molar-refractivity contribution < 1.29 is 0 Å². The third-order valence-corrected chi connectivity index (χ3v) is 6.06. The highest BCUT2D eigenvalue weighted by molar-refractivity contribution is 5.96. The molecule has 158 valence electrons. The molecule has 1 fully saturated rings. The molecular formula is C25H23N7. The van der Waals surface area contributed by atoms with E-state index in [0.29, 0.717) is 12.0 Å². The van der Waals surface area contributed by atoms with Crippen molar-refractivity contribution in [3.8, 4) is 11.1 Å². The van der Waals surface area contributed by atoms with Gasteiger partial charge in [-0.1, -0.05) is 43.2 Å². The van der Waals surface area contributed by atoms with E-state index >= 15 is 0 Å². The van der Waals surface area contributed by atoms with Crippen molar-refractivity contribution in [2.75, 3.05) is 10.6 Å². The maximum absolute atomic E-state index is 4.76. The van der Waals surface area contributed by atoms with Gasteiger partial charge in [-0.05, 0) is 48.2 Å². The third kappa shape index (κ3) is 3.51. The van der Waals surface area contributed by atoms with Crippen LogP contribution < -0.4 is 10.6 Å². The minimum atomic E-state index is 0.442. The Hall–Kier alpha value is -4.00. The molecule has 0 bridgehead atoms. The first-order valence-corrected chi connectivity index (χ1v) is 11.0. The Kier molecular flexibility index (Phi) is 4.64. The molecule has 7 nitrogen and oxygen atoms in total. The van der Waals surface area contributed by atoms with E-state index in [1.54, 1.807) is 6.33 Å². The predicted octanol–water partition coefficient (Wildman–Crippen LogP) is 5.67. The number of aromatic amines is 1. The average molecular weight is 422 g/mol. The van der Waals surface area contributed by atoms with Gasteiger partial charge in [-0.2, -0.15) is 9.97 Å². The topological polar surface area (TPSA) is 91.4 Å². The quantitative estimate of drug-likeness (QED) is 0.339. The van der Waals surface area contributed by atoms with Crippen LogP contribution in [0.25, 0.3) is 33.2 Å². The highest BCUT2D eigenvalue weighted by Gasteiger charge is 2.18. The number of aromatic nitrogens is 5. The Labute approximate surface area is 185 Å². The number of hydrogen-bond acceptors (Lipinski definition) is 6. The average Bonchev–Trinajstić information content (AvgIpc) is 3.51. The lowest BCUT2D eigenvalue weighted by Gasteiger charge is -2.14. The fourth-order valence-electron chi connectivity index (χ4n) is 4.48. The fraction of sp³-hybridized carbons (Fsp3) is 0.200. The number of nitrogens with zero attached hydrogens (tertiary/aromatic N) is 4. The summed E-state index contributed by atoms with van der Waals surface area (Å²) < 4.78 is 0. The second-order valence-electron chi connectivity index (χ2n) is 8.20. The lowest BCUT2D eigenvalue weighted by atomic mass is 10.0. The van der Waals surface area contributed by atoms with E-state index in [1.165, 1.54) is 25.7 Å². The van der Waals surface area contributed by atoms with Crippen LogP contribution in [0.2, 0.25) is 0 Å². The van der Waals surface area contributed by atoms with Gasteiger partial charge in [0.1, 0.15) is 5.52 Å². The van der Waals surface area contributed by atoms with Crippen LogP contribution >= 0.6 is 0 Å². The Morgan fingerprint density at radius 3 is 2.66 bits per heavy atom. The van der Waals surface area contributed by atoms with Crippen LogP contribution in [0.15, 0.2) is 67.1 Å². The predicted molar refractivity (Wildman–Crippen MR) is 128 cm³/mol. The minimum Gasteiger partial charge on any atom is -0.365 e. The van der Waals surface area contributed by atoms with Crippen LogP contribution in [0.5, 0.6) is 0 Å². The van der Waals surface area contributed by atoms with E-state index in [2.05, 4.69) is 67.0 Å². The summed E-state index contributed by atoms with van der Waals surface area (Å²) in [6, 6.07) is 19.0. The first-order chi connectivity index (χ1) is 15.8. The monoisotopic (exact) mass is 421 g/mol. The summed E-state index contributed by atoms with van der Waals surface area (Å²) in [6.07, 6.45) is 8.36. The van der Waals surface area contributed by atoms with Crippen molar-refractivity contribution in [2.24, 2.45) is 0 Å². The van der Waals surface area contributed by atoms with E-state index in [0.717, 1.165) is 44.7 Å². The summed E-state index contributed by atoms with van der Waals surface area (Å²) in [5.41, 5.74) is 5.66. The summed E-state index contributed by atoms with van der Waals surface area (Å²) in [6.45, 7) is 0. The van der Waals surface area contributed by atoms with Crippen molar-refractivity contribution in [1.82, 2.24) is 24.9 Å². The van der Waals surface area contributed by atoms with Gasteiger partial charge in [0.25, 0.3) is 0 Å². The highest BCUT2D eigenvalue weighted by atomic mass is 15.2. The third-order valence-electron chi connectivity index (χ3n) is 6.06. The van der Waals surface area contributed by atoms with E-state index in [1.807, 2.05) is 24.4 Å². The lowest BCUT2D eigenvalue weighted by molar-refractivity contribution is 0.751. The lowest BCUT2D eigenvalue weighted by Crippen LogP contribution is -2.16. The molecule has 0 saturated heterocycles. The summed E-state index contributed by atoms with van der Waals surface area (Å²) >= 11 is 0. The van der Waals surface area contributed by atoms with Gasteiger partial charge < -0.3 is 15.6 Å². The van der Waals surface area contributed by atoms with Gasteiger partial charge in [0.05, 0.1) is 11.8 Å². The zero-order valence-corrected chi connectivity index (χ0v) is 17.5. The van der Waals surface area contributed by atoms with Crippen LogP contribution in [0.4, 0.5) is 17.5 Å². The fourth-order valence-corrected chi connectivity index (χ4v) is 4.48. The number of pyridine rings is 1. The van der Waals surface area contributed by atoms with Gasteiger partial charge >= 0.3 is 0 Å². The maximum Gasteiger partial charge on any atom is 0.231 e. The molecule has 0 atom stereocenters. The highest BCUT2D eigenvalue weighted by Crippen LogP contribution is 2.31. The molecule has 1 aliphatic rings. The zero-order chi connectivity index (χ0) is 21.3. The Bertz CT molecular complexity index is 1390. The number of anilines is 3. The van der Waals surface area contributed by atoms with E-state index < -0.39 is 0 Å². The number of fused-ring (bicyclic) bond motifs is 2. The van der Waals surface area contributed by atoms with Crippen molar-refractivity contribution in [2.45, 2.75) is 31.7 Å². The molecule has 0 radical (unpaired) electrons. The Balaban J connectivity index is 1.37. The van der Waals surface area contributed by atoms with Gasteiger partial charge in [-0.3, -0.25) is 4.98 Å². The first kappa shape index (κ1) is 18.7. The Morgan fingerprint density at radius 1 is 0.906 bits per heavy atom. The standard InChI is InChI=1S/C25H23N7/c1-2-6-16(7-3-1)19-12-13-26-21-11-10-18(14-20(19)21)30-25-31-23-22(27-15-28-23)24(32-25)29-17-8-4-5-9-17/h1-3,6-7,10-15,17H,4-5,8-9H2,(H3,27,28,29,30,31,32). The molecule has 3 aromatic heterocycles. The largest absolute Gasteiger partial charge is 0.365 e. The number of benzene rings is 2. The molecule has 3 heterocycles. The summed E-state index contributed by atoms with van der Waals surface area (Å²) in [5, 5.41) is 8.04. The van der Waals surface area contributed by atoms with Gasteiger partial charge in [-0.15, -0.1) is 0 Å². The minimum absolute atomic E-state index is 0.442. The van der Waals surface area contributed by atoms with Crippen molar-refractivity contribution in [3.63, 3.8) is 0 Å². The Morgan fingerprint density at radius 2 is 1.78 bits per heavy atom. The molecule has 0 spiro atoms. The van der Waals surface area contributed by atoms with Gasteiger partial charge in [0.15, 0.2) is 11.5 Å². The van der Waals surface area contributed by atoms with Crippen molar-refractivity contribution in [3.05, 3.63) is 67.1 Å². The summed E-state index contributed by atoms with van der Waals surface area (Å²) in [4.78, 5) is 21.5. The van der Waals surface area contributed by atoms with Crippen LogP contribution in [0.1, 0.15) is 25.7 Å². The zero-order valence-electron chi connectivity index (χ0n) is 17.5. The van der Waals surface area contributed by atoms with Crippen LogP contribution in [0, 0.1) is 0 Å². The molecule has 0 amide bonds. The number of H-pyrrole nitrogens is 1. The smallest absolute Gasteiger partial charge is 0.231 e. The maximum atomic E-state index is 4.76. The number of nitrogens with one attached hydrogen (secondary N) is 3. The number of hydrogen-bond donors (Lipinski definition) is 3. The molecule has 5 aromatic rings. The summed E-state index contributed by atoms with van der Waals surface area (Å²) in [7, 11) is 0. The summed E-state index contributed by atoms with van der Waals surface area (Å²) in [5.74, 6) is 1.31. The molecular weight excluding hydrogens is 398 g/mol. The number of imidazole rings is 1. The molecule has 7 heteroatoms. The number of rotatable bonds is 5. The molecule has 32 heavy (non-hydrogen) atoms. The van der Waals surface area contributed by atoms with Crippen LogP contribution in [-0.4, -0.2) is 31.0 Å². The van der Waals surface area contributed by atoms with Crippen molar-refractivity contribution in [1.29, 1.82) is 0 Å². The van der Waals surface area contributed by atoms with Crippen LogP contribution in [0.3, 0.4) is 0 Å². The molecule has 1 saturated carbocycles. The molecule has 0 unspecified atom stereocenters. The normalized spacial score (nSPS) is 14.2. The molecule has 1 aliphatic carbocycles. The second kappa shape index (κ2) is 7.92. The van der Waals surface area contributed by atoms with Gasteiger partial charge in [0, 0.05) is 23.3 Å². The molecule has 2 aromatic carbocycles. The van der Waals surface area contributed by atoms with Gasteiger partial charge in [-0.25, -0.2) is 4.98 Å². The van der Waals surface area contributed by atoms with E-state index in [9.17, 15) is 0 Å². The second-order valence-corrected chi connectivity index (χ2v) is 8.20. The van der Waals surface area contributed by atoms with E-state index in [4.69, 9.17) is 4.98 Å². The van der Waals surface area contributed by atoms with Crippen molar-refractivity contribution >= 4 is 39.5 Å². The molecule has 0 aliphatic heterocycles. The van der Waals surface area contributed by atoms with Crippen LogP contribution in [-0.2, 0) is 0 Å².